The molecular weight excluding hydrogens is 280 g/mol. The van der Waals surface area contributed by atoms with E-state index in [1.165, 1.54) is 6.21 Å². The Hall–Kier alpha value is -2.82. The number of methoxy groups -OCH3 is 2. The maximum Gasteiger partial charge on any atom is 0.244 e. The number of amides is 1. The van der Waals surface area contributed by atoms with E-state index in [2.05, 4.69) is 10.5 Å². The highest BCUT2D eigenvalue weighted by molar-refractivity contribution is 5.86. The maximum atomic E-state index is 11.8. The first-order valence-corrected chi connectivity index (χ1v) is 6.81. The standard InChI is InChI=1S/C17H18N2O3/c1-21-15-8-9-16(22-2)14(11-15)12-18-19-17(20)10-13-6-4-3-5-7-13/h3-9,11-12H,10H2,1-2H3,(H,19,20)/b18-12+. The highest BCUT2D eigenvalue weighted by Crippen LogP contribution is 2.22. The van der Waals surface area contributed by atoms with Crippen molar-refractivity contribution < 1.29 is 14.3 Å². The summed E-state index contributed by atoms with van der Waals surface area (Å²) in [5, 5.41) is 3.96. The Morgan fingerprint density at radius 2 is 1.91 bits per heavy atom. The van der Waals surface area contributed by atoms with Crippen molar-refractivity contribution in [1.82, 2.24) is 5.43 Å². The number of carbonyl (C=O) groups is 1. The molecule has 5 heteroatoms. The molecular formula is C17H18N2O3. The molecule has 2 rings (SSSR count). The van der Waals surface area contributed by atoms with Crippen LogP contribution in [0.2, 0.25) is 0 Å². The van der Waals surface area contributed by atoms with Gasteiger partial charge in [-0.2, -0.15) is 5.10 Å². The summed E-state index contributed by atoms with van der Waals surface area (Å²) in [6.45, 7) is 0. The summed E-state index contributed by atoms with van der Waals surface area (Å²) in [6, 6.07) is 14.9. The van der Waals surface area contributed by atoms with E-state index in [0.29, 0.717) is 11.5 Å². The molecule has 0 saturated heterocycles. The smallest absolute Gasteiger partial charge is 0.244 e. The van der Waals surface area contributed by atoms with E-state index in [4.69, 9.17) is 9.47 Å². The van der Waals surface area contributed by atoms with Crippen molar-refractivity contribution in [2.75, 3.05) is 14.2 Å². The van der Waals surface area contributed by atoms with Crippen LogP contribution in [0.25, 0.3) is 0 Å². The number of ether oxygens (including phenoxy) is 2. The van der Waals surface area contributed by atoms with Gasteiger partial charge in [-0.15, -0.1) is 0 Å². The third-order valence-electron chi connectivity index (χ3n) is 3.04. The van der Waals surface area contributed by atoms with Crippen molar-refractivity contribution in [3.63, 3.8) is 0 Å². The van der Waals surface area contributed by atoms with Gasteiger partial charge in [0, 0.05) is 5.56 Å². The number of carbonyl (C=O) groups excluding carboxylic acids is 1. The Morgan fingerprint density at radius 3 is 2.59 bits per heavy atom. The highest BCUT2D eigenvalue weighted by atomic mass is 16.5. The molecule has 0 bridgehead atoms. The normalized spacial score (nSPS) is 10.5. The van der Waals surface area contributed by atoms with Crippen LogP contribution in [0.4, 0.5) is 0 Å². The summed E-state index contributed by atoms with van der Waals surface area (Å²) in [4.78, 5) is 11.8. The Labute approximate surface area is 129 Å². The molecule has 0 saturated carbocycles. The summed E-state index contributed by atoms with van der Waals surface area (Å²) in [7, 11) is 3.16. The molecule has 0 unspecified atom stereocenters. The second-order valence-electron chi connectivity index (χ2n) is 4.56. The molecule has 1 amide bonds. The Bertz CT molecular complexity index is 654. The third-order valence-corrected chi connectivity index (χ3v) is 3.04. The van der Waals surface area contributed by atoms with E-state index in [0.717, 1.165) is 11.1 Å². The lowest BCUT2D eigenvalue weighted by Gasteiger charge is -2.06. The van der Waals surface area contributed by atoms with E-state index in [1.54, 1.807) is 32.4 Å². The lowest BCUT2D eigenvalue weighted by atomic mass is 10.1. The van der Waals surface area contributed by atoms with Gasteiger partial charge in [-0.1, -0.05) is 30.3 Å². The van der Waals surface area contributed by atoms with Gasteiger partial charge in [0.25, 0.3) is 0 Å². The van der Waals surface area contributed by atoms with Gasteiger partial charge in [0.1, 0.15) is 11.5 Å². The molecule has 0 heterocycles. The number of hydrogen-bond donors (Lipinski definition) is 1. The monoisotopic (exact) mass is 298 g/mol. The molecule has 0 aliphatic carbocycles. The lowest BCUT2D eigenvalue weighted by molar-refractivity contribution is -0.120. The minimum atomic E-state index is -0.177. The van der Waals surface area contributed by atoms with Crippen LogP contribution in [-0.4, -0.2) is 26.3 Å². The van der Waals surface area contributed by atoms with Crippen molar-refractivity contribution in [1.29, 1.82) is 0 Å². The second kappa shape index (κ2) is 7.83. The van der Waals surface area contributed by atoms with Crippen LogP contribution in [0.3, 0.4) is 0 Å². The molecule has 22 heavy (non-hydrogen) atoms. The van der Waals surface area contributed by atoms with Crippen molar-refractivity contribution in [2.45, 2.75) is 6.42 Å². The minimum absolute atomic E-state index is 0.177. The van der Waals surface area contributed by atoms with E-state index in [1.807, 2.05) is 30.3 Å². The number of nitrogens with one attached hydrogen (secondary N) is 1. The van der Waals surface area contributed by atoms with E-state index in [-0.39, 0.29) is 12.3 Å². The molecule has 1 N–H and O–H groups in total. The van der Waals surface area contributed by atoms with Crippen molar-refractivity contribution >= 4 is 12.1 Å². The molecule has 0 spiro atoms. The summed E-state index contributed by atoms with van der Waals surface area (Å²) in [6.07, 6.45) is 1.82. The van der Waals surface area contributed by atoms with Crippen LogP contribution in [0.1, 0.15) is 11.1 Å². The van der Waals surface area contributed by atoms with Gasteiger partial charge in [0.15, 0.2) is 0 Å². The Morgan fingerprint density at radius 1 is 1.14 bits per heavy atom. The van der Waals surface area contributed by atoms with Crippen LogP contribution in [0, 0.1) is 0 Å². The van der Waals surface area contributed by atoms with Gasteiger partial charge >= 0.3 is 0 Å². The molecule has 0 atom stereocenters. The number of hydrazone groups is 1. The molecule has 5 nitrogen and oxygen atoms in total. The van der Waals surface area contributed by atoms with Crippen molar-refractivity contribution in [2.24, 2.45) is 5.10 Å². The first-order valence-electron chi connectivity index (χ1n) is 6.81. The number of nitrogens with zero attached hydrogens (tertiary/aromatic N) is 1. The first kappa shape index (κ1) is 15.6. The van der Waals surface area contributed by atoms with Gasteiger partial charge in [-0.25, -0.2) is 5.43 Å². The van der Waals surface area contributed by atoms with Gasteiger partial charge in [0.05, 0.1) is 26.9 Å². The molecule has 2 aromatic carbocycles. The molecule has 2 aromatic rings. The topological polar surface area (TPSA) is 59.9 Å². The Kier molecular flexibility index (Phi) is 5.54. The number of hydrogen-bond acceptors (Lipinski definition) is 4. The van der Waals surface area contributed by atoms with E-state index in [9.17, 15) is 4.79 Å². The van der Waals surface area contributed by atoms with Crippen molar-refractivity contribution in [3.05, 3.63) is 59.7 Å². The van der Waals surface area contributed by atoms with Crippen LogP contribution < -0.4 is 14.9 Å². The zero-order chi connectivity index (χ0) is 15.8. The summed E-state index contributed by atoms with van der Waals surface area (Å²) >= 11 is 0. The largest absolute Gasteiger partial charge is 0.497 e. The quantitative estimate of drug-likeness (QED) is 0.658. The van der Waals surface area contributed by atoms with Gasteiger partial charge in [-0.05, 0) is 23.8 Å². The summed E-state index contributed by atoms with van der Waals surface area (Å²) < 4.78 is 10.4. The average Bonchev–Trinajstić information content (AvgIpc) is 2.55. The lowest BCUT2D eigenvalue weighted by Crippen LogP contribution is -2.19. The zero-order valence-corrected chi connectivity index (χ0v) is 12.6. The molecule has 0 radical (unpaired) electrons. The molecule has 0 fully saturated rings. The van der Waals surface area contributed by atoms with Crippen LogP contribution in [-0.2, 0) is 11.2 Å². The average molecular weight is 298 g/mol. The summed E-state index contributed by atoms with van der Waals surface area (Å²) in [5.41, 5.74) is 4.17. The van der Waals surface area contributed by atoms with E-state index < -0.39 is 0 Å². The fourth-order valence-electron chi connectivity index (χ4n) is 1.93. The molecule has 0 aromatic heterocycles. The number of benzene rings is 2. The Balaban J connectivity index is 1.98. The minimum Gasteiger partial charge on any atom is -0.497 e. The molecule has 114 valence electrons. The first-order chi connectivity index (χ1) is 10.7. The highest BCUT2D eigenvalue weighted by Gasteiger charge is 2.04. The predicted molar refractivity (Wildman–Crippen MR) is 85.4 cm³/mol. The second-order valence-corrected chi connectivity index (χ2v) is 4.56. The molecule has 0 aliphatic heterocycles. The molecule has 0 aliphatic rings. The SMILES string of the molecule is COc1ccc(OC)c(/C=N/NC(=O)Cc2ccccc2)c1. The third kappa shape index (κ3) is 4.34. The zero-order valence-electron chi connectivity index (χ0n) is 12.6. The van der Waals surface area contributed by atoms with Crippen LogP contribution >= 0.6 is 0 Å². The number of rotatable bonds is 6. The fourth-order valence-corrected chi connectivity index (χ4v) is 1.93. The van der Waals surface area contributed by atoms with E-state index >= 15 is 0 Å². The van der Waals surface area contributed by atoms with Crippen molar-refractivity contribution in [3.8, 4) is 11.5 Å². The summed E-state index contributed by atoms with van der Waals surface area (Å²) in [5.74, 6) is 1.17. The van der Waals surface area contributed by atoms with Gasteiger partial charge in [-0.3, -0.25) is 4.79 Å². The van der Waals surface area contributed by atoms with Gasteiger partial charge < -0.3 is 9.47 Å². The fraction of sp³-hybridized carbons (Fsp3) is 0.176. The van der Waals surface area contributed by atoms with Crippen LogP contribution in [0.15, 0.2) is 53.6 Å². The predicted octanol–water partition coefficient (Wildman–Crippen LogP) is 2.40. The van der Waals surface area contributed by atoms with Gasteiger partial charge in [0.2, 0.25) is 5.91 Å². The maximum absolute atomic E-state index is 11.8. The van der Waals surface area contributed by atoms with Crippen LogP contribution in [0.5, 0.6) is 11.5 Å².